The van der Waals surface area contributed by atoms with Crippen LogP contribution in [0, 0.1) is 0 Å². The molecule has 1 atom stereocenters. The van der Waals surface area contributed by atoms with E-state index in [4.69, 9.17) is 4.74 Å². The van der Waals surface area contributed by atoms with Crippen molar-refractivity contribution >= 4 is 0 Å². The normalized spacial score (nSPS) is 17.2. The van der Waals surface area contributed by atoms with Crippen molar-refractivity contribution in [1.29, 1.82) is 0 Å². The summed E-state index contributed by atoms with van der Waals surface area (Å²) in [6, 6.07) is 8.25. The van der Waals surface area contributed by atoms with Crippen LogP contribution in [0.25, 0.3) is 0 Å². The molecule has 0 bridgehead atoms. The number of para-hydroxylation sites is 1. The van der Waals surface area contributed by atoms with Crippen LogP contribution >= 0.6 is 0 Å². The number of nitrogens with one attached hydrogen (secondary N) is 1. The zero-order valence-electron chi connectivity index (χ0n) is 11.0. The fourth-order valence-corrected chi connectivity index (χ4v) is 2.44. The Hall–Kier alpha value is -1.88. The fourth-order valence-electron chi connectivity index (χ4n) is 2.44. The van der Waals surface area contributed by atoms with Crippen molar-refractivity contribution in [1.82, 2.24) is 20.1 Å². The summed E-state index contributed by atoms with van der Waals surface area (Å²) in [5, 5.41) is 11.5. The summed E-state index contributed by atoms with van der Waals surface area (Å²) in [5.41, 5.74) is 1.30. The van der Waals surface area contributed by atoms with Crippen LogP contribution in [0.1, 0.15) is 24.2 Å². The Morgan fingerprint density at radius 3 is 3.21 bits per heavy atom. The third-order valence-electron chi connectivity index (χ3n) is 3.51. The second-order valence-electron chi connectivity index (χ2n) is 4.71. The van der Waals surface area contributed by atoms with Gasteiger partial charge in [-0.05, 0) is 13.0 Å². The number of hydrogen-bond acceptors (Lipinski definition) is 4. The SMILES string of the molecule is CCn1cnnc1CNCC1COc2ccccc21. The molecule has 0 fully saturated rings. The molecule has 0 radical (unpaired) electrons. The molecule has 2 heterocycles. The van der Waals surface area contributed by atoms with E-state index in [0.29, 0.717) is 5.92 Å². The van der Waals surface area contributed by atoms with E-state index in [1.165, 1.54) is 5.56 Å². The highest BCUT2D eigenvalue weighted by atomic mass is 16.5. The van der Waals surface area contributed by atoms with E-state index < -0.39 is 0 Å². The summed E-state index contributed by atoms with van der Waals surface area (Å²) < 4.78 is 7.72. The topological polar surface area (TPSA) is 52.0 Å². The van der Waals surface area contributed by atoms with Crippen molar-refractivity contribution in [3.8, 4) is 5.75 Å². The first-order chi connectivity index (χ1) is 9.38. The minimum Gasteiger partial charge on any atom is -0.493 e. The molecular formula is C14H18N4O. The lowest BCUT2D eigenvalue weighted by Crippen LogP contribution is -2.23. The lowest BCUT2D eigenvalue weighted by molar-refractivity contribution is 0.326. The highest BCUT2D eigenvalue weighted by Crippen LogP contribution is 2.32. The van der Waals surface area contributed by atoms with Crippen LogP contribution in [0.5, 0.6) is 5.75 Å². The van der Waals surface area contributed by atoms with Gasteiger partial charge in [0, 0.05) is 24.6 Å². The summed E-state index contributed by atoms with van der Waals surface area (Å²) in [6.07, 6.45) is 1.77. The summed E-state index contributed by atoms with van der Waals surface area (Å²) in [7, 11) is 0. The van der Waals surface area contributed by atoms with Crippen molar-refractivity contribution in [2.24, 2.45) is 0 Å². The van der Waals surface area contributed by atoms with Crippen LogP contribution in [-0.4, -0.2) is 27.9 Å². The van der Waals surface area contributed by atoms with Crippen molar-refractivity contribution in [2.45, 2.75) is 25.9 Å². The van der Waals surface area contributed by atoms with Gasteiger partial charge in [0.15, 0.2) is 0 Å². The third kappa shape index (κ3) is 2.46. The molecule has 0 aliphatic carbocycles. The van der Waals surface area contributed by atoms with Crippen LogP contribution < -0.4 is 10.1 Å². The molecule has 19 heavy (non-hydrogen) atoms. The molecule has 1 aliphatic rings. The van der Waals surface area contributed by atoms with Gasteiger partial charge in [0.05, 0.1) is 13.2 Å². The van der Waals surface area contributed by atoms with Gasteiger partial charge >= 0.3 is 0 Å². The number of aromatic nitrogens is 3. The second-order valence-corrected chi connectivity index (χ2v) is 4.71. The van der Waals surface area contributed by atoms with Gasteiger partial charge in [0.25, 0.3) is 0 Å². The molecule has 0 amide bonds. The van der Waals surface area contributed by atoms with Gasteiger partial charge in [0.2, 0.25) is 0 Å². The molecule has 5 nitrogen and oxygen atoms in total. The number of hydrogen-bond donors (Lipinski definition) is 1. The van der Waals surface area contributed by atoms with Crippen LogP contribution in [0.3, 0.4) is 0 Å². The highest BCUT2D eigenvalue weighted by molar-refractivity contribution is 5.39. The fraction of sp³-hybridized carbons (Fsp3) is 0.429. The molecule has 100 valence electrons. The zero-order chi connectivity index (χ0) is 13.1. The first-order valence-electron chi connectivity index (χ1n) is 6.67. The minimum absolute atomic E-state index is 0.425. The van der Waals surface area contributed by atoms with Crippen molar-refractivity contribution in [3.05, 3.63) is 42.0 Å². The summed E-state index contributed by atoms with van der Waals surface area (Å²) >= 11 is 0. The van der Waals surface area contributed by atoms with E-state index in [1.807, 2.05) is 16.7 Å². The third-order valence-corrected chi connectivity index (χ3v) is 3.51. The summed E-state index contributed by atoms with van der Waals surface area (Å²) in [4.78, 5) is 0. The monoisotopic (exact) mass is 258 g/mol. The van der Waals surface area contributed by atoms with Gasteiger partial charge in [0.1, 0.15) is 17.9 Å². The number of fused-ring (bicyclic) bond motifs is 1. The van der Waals surface area contributed by atoms with E-state index in [0.717, 1.165) is 37.8 Å². The van der Waals surface area contributed by atoms with E-state index >= 15 is 0 Å². The predicted octanol–water partition coefficient (Wildman–Crippen LogP) is 1.56. The lowest BCUT2D eigenvalue weighted by atomic mass is 10.0. The molecule has 1 N–H and O–H groups in total. The Morgan fingerprint density at radius 1 is 1.42 bits per heavy atom. The Labute approximate surface area is 112 Å². The number of ether oxygens (including phenoxy) is 1. The largest absolute Gasteiger partial charge is 0.493 e. The van der Waals surface area contributed by atoms with Gasteiger partial charge in [-0.2, -0.15) is 0 Å². The van der Waals surface area contributed by atoms with E-state index in [2.05, 4.69) is 34.6 Å². The summed E-state index contributed by atoms with van der Waals surface area (Å²) in [6.45, 7) is 5.39. The highest BCUT2D eigenvalue weighted by Gasteiger charge is 2.23. The van der Waals surface area contributed by atoms with Gasteiger partial charge in [-0.3, -0.25) is 0 Å². The van der Waals surface area contributed by atoms with Gasteiger partial charge < -0.3 is 14.6 Å². The standard InChI is InChI=1S/C14H18N4O/c1-2-18-10-16-17-14(18)8-15-7-11-9-19-13-6-4-3-5-12(11)13/h3-6,10-11,15H,2,7-9H2,1H3. The van der Waals surface area contributed by atoms with Crippen molar-refractivity contribution in [3.63, 3.8) is 0 Å². The van der Waals surface area contributed by atoms with E-state index in [-0.39, 0.29) is 0 Å². The van der Waals surface area contributed by atoms with Crippen molar-refractivity contribution in [2.75, 3.05) is 13.2 Å². The number of nitrogens with zero attached hydrogens (tertiary/aromatic N) is 3. The number of benzene rings is 1. The van der Waals surface area contributed by atoms with Gasteiger partial charge in [-0.15, -0.1) is 10.2 Å². The van der Waals surface area contributed by atoms with E-state index in [9.17, 15) is 0 Å². The molecule has 1 aromatic heterocycles. The van der Waals surface area contributed by atoms with Crippen LogP contribution in [0.4, 0.5) is 0 Å². The molecular weight excluding hydrogens is 240 g/mol. The maximum absolute atomic E-state index is 5.67. The quantitative estimate of drug-likeness (QED) is 0.884. The predicted molar refractivity (Wildman–Crippen MR) is 72.1 cm³/mol. The van der Waals surface area contributed by atoms with Gasteiger partial charge in [-0.1, -0.05) is 18.2 Å². The number of rotatable bonds is 5. The Balaban J connectivity index is 1.57. The molecule has 1 aromatic carbocycles. The Kier molecular flexibility index (Phi) is 3.46. The van der Waals surface area contributed by atoms with Gasteiger partial charge in [-0.25, -0.2) is 0 Å². The smallest absolute Gasteiger partial charge is 0.146 e. The number of aryl methyl sites for hydroxylation is 1. The average Bonchev–Trinajstić information content (AvgIpc) is 3.06. The van der Waals surface area contributed by atoms with Crippen LogP contribution in [0.2, 0.25) is 0 Å². The Bertz CT molecular complexity index is 552. The van der Waals surface area contributed by atoms with Crippen molar-refractivity contribution < 1.29 is 4.74 Å². The average molecular weight is 258 g/mol. The Morgan fingerprint density at radius 2 is 2.32 bits per heavy atom. The molecule has 0 spiro atoms. The van der Waals surface area contributed by atoms with Crippen LogP contribution in [0.15, 0.2) is 30.6 Å². The first kappa shape index (κ1) is 12.2. The molecule has 1 unspecified atom stereocenters. The zero-order valence-corrected chi connectivity index (χ0v) is 11.0. The van der Waals surface area contributed by atoms with E-state index in [1.54, 1.807) is 6.33 Å². The summed E-state index contributed by atoms with van der Waals surface area (Å²) in [5.74, 6) is 2.43. The first-order valence-corrected chi connectivity index (χ1v) is 6.67. The minimum atomic E-state index is 0.425. The second kappa shape index (κ2) is 5.40. The molecule has 0 saturated carbocycles. The van der Waals surface area contributed by atoms with Crippen LogP contribution in [-0.2, 0) is 13.1 Å². The lowest BCUT2D eigenvalue weighted by Gasteiger charge is -2.10. The maximum atomic E-state index is 5.67. The molecule has 3 rings (SSSR count). The molecule has 2 aromatic rings. The molecule has 1 aliphatic heterocycles. The molecule has 0 saturated heterocycles. The maximum Gasteiger partial charge on any atom is 0.146 e. The molecule has 5 heteroatoms.